The molecular formula is C24H37NO3. The molecule has 1 atom stereocenters. The Morgan fingerprint density at radius 1 is 1.25 bits per heavy atom. The number of unbranched alkanes of at least 4 members (excludes halogenated alkanes) is 2. The number of ether oxygens (including phenoxy) is 2. The number of nitrogens with one attached hydrogen (secondary N) is 1. The van der Waals surface area contributed by atoms with Gasteiger partial charge in [-0.25, -0.2) is 0 Å². The van der Waals surface area contributed by atoms with Gasteiger partial charge in [-0.2, -0.15) is 0 Å². The van der Waals surface area contributed by atoms with E-state index < -0.39 is 0 Å². The van der Waals surface area contributed by atoms with Crippen molar-refractivity contribution in [2.45, 2.75) is 71.8 Å². The van der Waals surface area contributed by atoms with Gasteiger partial charge in [0.2, 0.25) is 5.91 Å². The Morgan fingerprint density at radius 2 is 2.04 bits per heavy atom. The van der Waals surface area contributed by atoms with Crippen LogP contribution in [0.15, 0.2) is 29.8 Å². The molecule has 0 bridgehead atoms. The highest BCUT2D eigenvalue weighted by Gasteiger charge is 2.35. The van der Waals surface area contributed by atoms with Gasteiger partial charge in [-0.05, 0) is 62.1 Å². The summed E-state index contributed by atoms with van der Waals surface area (Å²) >= 11 is 0. The molecule has 0 heterocycles. The fraction of sp³-hybridized carbons (Fsp3) is 0.625. The van der Waals surface area contributed by atoms with Crippen LogP contribution in [0.4, 0.5) is 0 Å². The molecule has 156 valence electrons. The molecule has 0 aromatic heterocycles. The van der Waals surface area contributed by atoms with Gasteiger partial charge >= 0.3 is 0 Å². The Kier molecular flexibility index (Phi) is 9.56. The number of amides is 1. The van der Waals surface area contributed by atoms with E-state index in [2.05, 4.69) is 38.2 Å². The number of rotatable bonds is 13. The lowest BCUT2D eigenvalue weighted by Crippen LogP contribution is -2.31. The molecule has 1 N–H and O–H groups in total. The number of allylic oxidation sites excluding steroid dienone is 1. The maximum Gasteiger partial charge on any atom is 0.247 e. The highest BCUT2D eigenvalue weighted by atomic mass is 16.5. The van der Waals surface area contributed by atoms with E-state index in [0.717, 1.165) is 36.1 Å². The van der Waals surface area contributed by atoms with Crippen molar-refractivity contribution >= 4 is 5.91 Å². The van der Waals surface area contributed by atoms with Crippen LogP contribution in [0.3, 0.4) is 0 Å². The van der Waals surface area contributed by atoms with Gasteiger partial charge in [0, 0.05) is 12.7 Å². The topological polar surface area (TPSA) is 47.6 Å². The number of hydrogen-bond acceptors (Lipinski definition) is 3. The smallest absolute Gasteiger partial charge is 0.247 e. The molecule has 1 aliphatic carbocycles. The summed E-state index contributed by atoms with van der Waals surface area (Å²) in [5, 5.41) is 3.35. The molecule has 0 saturated heterocycles. The Morgan fingerprint density at radius 3 is 2.68 bits per heavy atom. The molecule has 4 heteroatoms. The van der Waals surface area contributed by atoms with Crippen LogP contribution in [0.25, 0.3) is 0 Å². The standard InChI is InChI=1S/C24H37NO3/c1-5-7-8-11-20(10-6-2)24(26)25-23(19-14-15-19)21-12-9-13-22(18(21)3)28-17-16-27-4/h9-10,12-13,19,23H,5-8,11,14-17H2,1-4H3,(H,25,26). The summed E-state index contributed by atoms with van der Waals surface area (Å²) in [5.74, 6) is 1.50. The Labute approximate surface area is 170 Å². The number of carbonyl (C=O) groups is 1. The average molecular weight is 388 g/mol. The van der Waals surface area contributed by atoms with Crippen LogP contribution in [0, 0.1) is 12.8 Å². The molecule has 1 amide bonds. The molecule has 1 aromatic carbocycles. The third-order valence-corrected chi connectivity index (χ3v) is 5.38. The van der Waals surface area contributed by atoms with Crippen LogP contribution in [0.1, 0.15) is 76.0 Å². The average Bonchev–Trinajstić information content (AvgIpc) is 3.52. The molecule has 1 aliphatic rings. The number of methoxy groups -OCH3 is 1. The molecular weight excluding hydrogens is 350 g/mol. The zero-order chi connectivity index (χ0) is 20.4. The van der Waals surface area contributed by atoms with Gasteiger partial charge < -0.3 is 14.8 Å². The lowest BCUT2D eigenvalue weighted by molar-refractivity contribution is -0.118. The minimum Gasteiger partial charge on any atom is -0.491 e. The summed E-state index contributed by atoms with van der Waals surface area (Å²) in [4.78, 5) is 13.0. The zero-order valence-corrected chi connectivity index (χ0v) is 18.1. The van der Waals surface area contributed by atoms with Crippen LogP contribution in [0.2, 0.25) is 0 Å². The molecule has 1 saturated carbocycles. The molecule has 2 rings (SSSR count). The summed E-state index contributed by atoms with van der Waals surface area (Å²) in [6, 6.07) is 6.20. The van der Waals surface area contributed by atoms with Crippen LogP contribution in [-0.2, 0) is 9.53 Å². The van der Waals surface area contributed by atoms with Gasteiger partial charge in [-0.3, -0.25) is 4.79 Å². The second-order valence-electron chi connectivity index (χ2n) is 7.69. The van der Waals surface area contributed by atoms with E-state index in [4.69, 9.17) is 9.47 Å². The third kappa shape index (κ3) is 6.66. The fourth-order valence-electron chi connectivity index (χ4n) is 3.59. The third-order valence-electron chi connectivity index (χ3n) is 5.38. The van der Waals surface area contributed by atoms with Crippen molar-refractivity contribution in [1.29, 1.82) is 0 Å². The molecule has 0 spiro atoms. The van der Waals surface area contributed by atoms with Crippen molar-refractivity contribution < 1.29 is 14.3 Å². The molecule has 1 fully saturated rings. The van der Waals surface area contributed by atoms with Gasteiger partial charge in [-0.15, -0.1) is 0 Å². The normalized spacial score (nSPS) is 15.4. The molecule has 0 radical (unpaired) electrons. The van der Waals surface area contributed by atoms with Crippen molar-refractivity contribution in [1.82, 2.24) is 5.32 Å². The maximum absolute atomic E-state index is 13.0. The van der Waals surface area contributed by atoms with E-state index >= 15 is 0 Å². The second-order valence-corrected chi connectivity index (χ2v) is 7.69. The zero-order valence-electron chi connectivity index (χ0n) is 18.1. The number of benzene rings is 1. The van der Waals surface area contributed by atoms with Gasteiger partial charge in [0.15, 0.2) is 0 Å². The molecule has 1 aromatic rings. The van der Waals surface area contributed by atoms with Gasteiger partial charge in [0.05, 0.1) is 12.6 Å². The second kappa shape index (κ2) is 11.9. The summed E-state index contributed by atoms with van der Waals surface area (Å²) in [6.07, 6.45) is 9.59. The highest BCUT2D eigenvalue weighted by Crippen LogP contribution is 2.43. The Balaban J connectivity index is 2.13. The minimum atomic E-state index is 0.0601. The Bertz CT molecular complexity index is 649. The van der Waals surface area contributed by atoms with E-state index in [1.165, 1.54) is 31.2 Å². The first-order valence-electron chi connectivity index (χ1n) is 10.8. The molecule has 1 unspecified atom stereocenters. The van der Waals surface area contributed by atoms with Crippen LogP contribution >= 0.6 is 0 Å². The summed E-state index contributed by atoms with van der Waals surface area (Å²) in [5.41, 5.74) is 3.23. The van der Waals surface area contributed by atoms with E-state index in [1.54, 1.807) is 7.11 Å². The molecule has 0 aliphatic heterocycles. The monoisotopic (exact) mass is 387 g/mol. The van der Waals surface area contributed by atoms with Crippen molar-refractivity contribution in [3.8, 4) is 5.75 Å². The van der Waals surface area contributed by atoms with Gasteiger partial charge in [0.25, 0.3) is 0 Å². The van der Waals surface area contributed by atoms with Crippen molar-refractivity contribution in [2.24, 2.45) is 5.92 Å². The van der Waals surface area contributed by atoms with E-state index in [9.17, 15) is 4.79 Å². The first-order valence-corrected chi connectivity index (χ1v) is 10.8. The van der Waals surface area contributed by atoms with E-state index in [-0.39, 0.29) is 11.9 Å². The van der Waals surface area contributed by atoms with Gasteiger partial charge in [0.1, 0.15) is 12.4 Å². The lowest BCUT2D eigenvalue weighted by atomic mass is 9.96. The number of carbonyl (C=O) groups excluding carboxylic acids is 1. The number of hydrogen-bond donors (Lipinski definition) is 1. The maximum atomic E-state index is 13.0. The van der Waals surface area contributed by atoms with Crippen LogP contribution < -0.4 is 10.1 Å². The summed E-state index contributed by atoms with van der Waals surface area (Å²) < 4.78 is 11.0. The van der Waals surface area contributed by atoms with E-state index in [1.807, 2.05) is 12.1 Å². The van der Waals surface area contributed by atoms with E-state index in [0.29, 0.717) is 19.1 Å². The van der Waals surface area contributed by atoms with Crippen molar-refractivity contribution in [3.63, 3.8) is 0 Å². The molecule has 4 nitrogen and oxygen atoms in total. The van der Waals surface area contributed by atoms with Crippen molar-refractivity contribution in [2.75, 3.05) is 20.3 Å². The molecule has 28 heavy (non-hydrogen) atoms. The Hall–Kier alpha value is -1.81. The first kappa shape index (κ1) is 22.5. The SMILES string of the molecule is CCC=C(CCCCC)C(=O)NC(c1cccc(OCCOC)c1C)C1CC1. The fourth-order valence-corrected chi connectivity index (χ4v) is 3.59. The van der Waals surface area contributed by atoms with Gasteiger partial charge in [-0.1, -0.05) is 44.9 Å². The highest BCUT2D eigenvalue weighted by molar-refractivity contribution is 5.93. The largest absolute Gasteiger partial charge is 0.491 e. The first-order chi connectivity index (χ1) is 13.6. The van der Waals surface area contributed by atoms with Crippen molar-refractivity contribution in [3.05, 3.63) is 41.0 Å². The summed E-state index contributed by atoms with van der Waals surface area (Å²) in [7, 11) is 1.67. The minimum absolute atomic E-state index is 0.0601. The van der Waals surface area contributed by atoms with Crippen LogP contribution in [-0.4, -0.2) is 26.2 Å². The predicted molar refractivity (Wildman–Crippen MR) is 115 cm³/mol. The summed E-state index contributed by atoms with van der Waals surface area (Å²) in [6.45, 7) is 7.47. The van der Waals surface area contributed by atoms with Crippen LogP contribution in [0.5, 0.6) is 5.75 Å². The lowest BCUT2D eigenvalue weighted by Gasteiger charge is -2.23. The quantitative estimate of drug-likeness (QED) is 0.359. The predicted octanol–water partition coefficient (Wildman–Crippen LogP) is 5.50.